The van der Waals surface area contributed by atoms with Gasteiger partial charge in [-0.1, -0.05) is 30.9 Å². The largest absolute Gasteiger partial charge is 0.495 e. The molecule has 2 rings (SSSR count). The smallest absolute Gasteiger partial charge is 0.170 e. The second-order valence-corrected chi connectivity index (χ2v) is 5.60. The third kappa shape index (κ3) is 4.25. The normalized spacial score (nSPS) is 15.9. The van der Waals surface area contributed by atoms with Crippen LogP contribution in [0.5, 0.6) is 5.75 Å². The van der Waals surface area contributed by atoms with E-state index in [2.05, 4.69) is 10.6 Å². The monoisotopic (exact) mass is 298 g/mol. The predicted molar refractivity (Wildman–Crippen MR) is 84.2 cm³/mol. The highest BCUT2D eigenvalue weighted by molar-refractivity contribution is 7.80. The van der Waals surface area contributed by atoms with Gasteiger partial charge in [0.2, 0.25) is 0 Å². The molecule has 0 aliphatic heterocycles. The van der Waals surface area contributed by atoms with Gasteiger partial charge in [-0.15, -0.1) is 0 Å². The molecule has 19 heavy (non-hydrogen) atoms. The van der Waals surface area contributed by atoms with E-state index in [1.54, 1.807) is 7.11 Å². The standard InChI is InChI=1S/C14H19ClN2OS/c1-18-13-8-7-11(9-12(13)15)17-14(19)16-10-5-3-2-4-6-10/h7-10H,2-6H2,1H3,(H2,16,17,19). The first-order valence-corrected chi connectivity index (χ1v) is 7.38. The van der Waals surface area contributed by atoms with Crippen LogP contribution in [0.3, 0.4) is 0 Å². The zero-order valence-electron chi connectivity index (χ0n) is 11.0. The van der Waals surface area contributed by atoms with Crippen molar-refractivity contribution in [3.63, 3.8) is 0 Å². The molecule has 0 saturated heterocycles. The van der Waals surface area contributed by atoms with Crippen molar-refractivity contribution in [2.45, 2.75) is 38.1 Å². The molecule has 1 aromatic rings. The fourth-order valence-electron chi connectivity index (χ4n) is 2.34. The summed E-state index contributed by atoms with van der Waals surface area (Å²) in [5.41, 5.74) is 0.874. The molecular formula is C14H19ClN2OS. The van der Waals surface area contributed by atoms with Crippen molar-refractivity contribution in [2.75, 3.05) is 12.4 Å². The van der Waals surface area contributed by atoms with Gasteiger partial charge in [-0.3, -0.25) is 0 Å². The molecule has 0 atom stereocenters. The third-order valence-corrected chi connectivity index (χ3v) is 3.87. The van der Waals surface area contributed by atoms with Crippen LogP contribution in [-0.4, -0.2) is 18.3 Å². The molecule has 2 N–H and O–H groups in total. The van der Waals surface area contributed by atoms with E-state index in [-0.39, 0.29) is 0 Å². The molecule has 1 aliphatic carbocycles. The Hall–Kier alpha value is -1.00. The van der Waals surface area contributed by atoms with Crippen molar-refractivity contribution in [2.24, 2.45) is 0 Å². The van der Waals surface area contributed by atoms with Gasteiger partial charge in [-0.25, -0.2) is 0 Å². The van der Waals surface area contributed by atoms with Gasteiger partial charge in [-0.05, 0) is 43.3 Å². The molecule has 0 amide bonds. The molecule has 0 unspecified atom stereocenters. The second-order valence-electron chi connectivity index (χ2n) is 4.78. The SMILES string of the molecule is COc1ccc(NC(=S)NC2CCCCC2)cc1Cl. The Morgan fingerprint density at radius 2 is 2.05 bits per heavy atom. The highest BCUT2D eigenvalue weighted by Gasteiger charge is 2.14. The van der Waals surface area contributed by atoms with Gasteiger partial charge in [0.1, 0.15) is 5.75 Å². The Morgan fingerprint density at radius 1 is 1.32 bits per heavy atom. The summed E-state index contributed by atoms with van der Waals surface area (Å²) in [7, 11) is 1.60. The zero-order chi connectivity index (χ0) is 13.7. The second kappa shape index (κ2) is 6.96. The van der Waals surface area contributed by atoms with Gasteiger partial charge >= 0.3 is 0 Å². The van der Waals surface area contributed by atoms with Crippen LogP contribution in [0.25, 0.3) is 0 Å². The molecule has 0 spiro atoms. The summed E-state index contributed by atoms with van der Waals surface area (Å²) < 4.78 is 5.12. The van der Waals surface area contributed by atoms with Gasteiger partial charge in [0, 0.05) is 11.7 Å². The predicted octanol–water partition coefficient (Wildman–Crippen LogP) is 3.97. The third-order valence-electron chi connectivity index (χ3n) is 3.35. The molecular weight excluding hydrogens is 280 g/mol. The Labute approximate surface area is 124 Å². The number of rotatable bonds is 3. The number of nitrogens with one attached hydrogen (secondary N) is 2. The summed E-state index contributed by atoms with van der Waals surface area (Å²) in [6, 6.07) is 6.05. The van der Waals surface area contributed by atoms with E-state index in [4.69, 9.17) is 28.6 Å². The molecule has 1 aromatic carbocycles. The van der Waals surface area contributed by atoms with E-state index in [1.807, 2.05) is 18.2 Å². The van der Waals surface area contributed by atoms with Crippen molar-refractivity contribution in [3.8, 4) is 5.75 Å². The lowest BCUT2D eigenvalue weighted by Crippen LogP contribution is -2.38. The average molecular weight is 299 g/mol. The molecule has 3 nitrogen and oxygen atoms in total. The highest BCUT2D eigenvalue weighted by Crippen LogP contribution is 2.27. The van der Waals surface area contributed by atoms with E-state index in [0.29, 0.717) is 21.9 Å². The Kier molecular flexibility index (Phi) is 5.28. The van der Waals surface area contributed by atoms with Gasteiger partial charge in [-0.2, -0.15) is 0 Å². The Bertz CT molecular complexity index is 447. The minimum absolute atomic E-state index is 0.502. The molecule has 5 heteroatoms. The molecule has 1 fully saturated rings. The van der Waals surface area contributed by atoms with Crippen LogP contribution in [0.15, 0.2) is 18.2 Å². The molecule has 104 valence electrons. The van der Waals surface area contributed by atoms with Gasteiger partial charge in [0.25, 0.3) is 0 Å². The molecule has 0 radical (unpaired) electrons. The van der Waals surface area contributed by atoms with Crippen LogP contribution in [0.4, 0.5) is 5.69 Å². The van der Waals surface area contributed by atoms with Crippen LogP contribution in [0, 0.1) is 0 Å². The van der Waals surface area contributed by atoms with Crippen molar-refractivity contribution in [3.05, 3.63) is 23.2 Å². The minimum Gasteiger partial charge on any atom is -0.495 e. The Morgan fingerprint density at radius 3 is 2.68 bits per heavy atom. The zero-order valence-corrected chi connectivity index (χ0v) is 12.6. The minimum atomic E-state index is 0.502. The first-order chi connectivity index (χ1) is 9.19. The lowest BCUT2D eigenvalue weighted by atomic mass is 9.96. The summed E-state index contributed by atoms with van der Waals surface area (Å²) in [5.74, 6) is 0.665. The quantitative estimate of drug-likeness (QED) is 0.827. The average Bonchev–Trinajstić information content (AvgIpc) is 2.40. The van der Waals surface area contributed by atoms with E-state index < -0.39 is 0 Å². The van der Waals surface area contributed by atoms with Crippen molar-refractivity contribution >= 4 is 34.6 Å². The number of ether oxygens (including phenoxy) is 1. The lowest BCUT2D eigenvalue weighted by Gasteiger charge is -2.24. The molecule has 1 saturated carbocycles. The van der Waals surface area contributed by atoms with Gasteiger partial charge in [0.15, 0.2) is 5.11 Å². The van der Waals surface area contributed by atoms with E-state index in [1.165, 1.54) is 32.1 Å². The van der Waals surface area contributed by atoms with Crippen molar-refractivity contribution in [1.82, 2.24) is 5.32 Å². The molecule has 0 bridgehead atoms. The van der Waals surface area contributed by atoms with Crippen LogP contribution >= 0.6 is 23.8 Å². The number of methoxy groups -OCH3 is 1. The fourth-order valence-corrected chi connectivity index (χ4v) is 2.89. The molecule has 1 aliphatic rings. The maximum atomic E-state index is 6.08. The van der Waals surface area contributed by atoms with Crippen LogP contribution in [0.2, 0.25) is 5.02 Å². The highest BCUT2D eigenvalue weighted by atomic mass is 35.5. The number of halogens is 1. The topological polar surface area (TPSA) is 33.3 Å². The van der Waals surface area contributed by atoms with E-state index in [0.717, 1.165) is 5.69 Å². The van der Waals surface area contributed by atoms with Gasteiger partial charge in [0.05, 0.1) is 12.1 Å². The van der Waals surface area contributed by atoms with Gasteiger partial charge < -0.3 is 15.4 Å². The van der Waals surface area contributed by atoms with E-state index in [9.17, 15) is 0 Å². The molecule has 0 aromatic heterocycles. The number of hydrogen-bond acceptors (Lipinski definition) is 2. The van der Waals surface area contributed by atoms with Crippen molar-refractivity contribution in [1.29, 1.82) is 0 Å². The summed E-state index contributed by atoms with van der Waals surface area (Å²) in [6.07, 6.45) is 6.31. The first-order valence-electron chi connectivity index (χ1n) is 6.60. The fraction of sp³-hybridized carbons (Fsp3) is 0.500. The first kappa shape index (κ1) is 14.4. The molecule has 0 heterocycles. The summed E-state index contributed by atoms with van der Waals surface area (Å²) in [6.45, 7) is 0. The number of hydrogen-bond donors (Lipinski definition) is 2. The van der Waals surface area contributed by atoms with Crippen LogP contribution < -0.4 is 15.4 Å². The maximum Gasteiger partial charge on any atom is 0.170 e. The summed E-state index contributed by atoms with van der Waals surface area (Å²) in [4.78, 5) is 0. The Balaban J connectivity index is 1.89. The van der Waals surface area contributed by atoms with Crippen LogP contribution in [0.1, 0.15) is 32.1 Å². The lowest BCUT2D eigenvalue weighted by molar-refractivity contribution is 0.414. The summed E-state index contributed by atoms with van der Waals surface area (Å²) in [5, 5.41) is 7.76. The van der Waals surface area contributed by atoms with E-state index >= 15 is 0 Å². The summed E-state index contributed by atoms with van der Waals surface area (Å²) >= 11 is 11.4. The number of benzene rings is 1. The number of thiocarbonyl (C=S) groups is 1. The number of anilines is 1. The van der Waals surface area contributed by atoms with Crippen molar-refractivity contribution < 1.29 is 4.74 Å². The van der Waals surface area contributed by atoms with Crippen LogP contribution in [-0.2, 0) is 0 Å². The maximum absolute atomic E-state index is 6.08.